The van der Waals surface area contributed by atoms with E-state index in [0.29, 0.717) is 27.1 Å². The molecule has 0 saturated carbocycles. The van der Waals surface area contributed by atoms with Gasteiger partial charge in [0.2, 0.25) is 11.8 Å². The fourth-order valence-corrected chi connectivity index (χ4v) is 3.74. The molecule has 4 nitrogen and oxygen atoms in total. The predicted octanol–water partition coefficient (Wildman–Crippen LogP) is 5.91. The van der Waals surface area contributed by atoms with Crippen LogP contribution in [-0.4, -0.2) is 28.8 Å². The first-order valence-electron chi connectivity index (χ1n) is 10.0. The Kier molecular flexibility index (Phi) is 9.47. The molecule has 1 N–H and O–H groups in total. The fraction of sp³-hybridized carbons (Fsp3) is 0.391. The second-order valence-corrected chi connectivity index (χ2v) is 8.52. The Bertz CT molecular complexity index is 851. The van der Waals surface area contributed by atoms with Crippen LogP contribution >= 0.6 is 34.8 Å². The minimum Gasteiger partial charge on any atom is -0.352 e. The first kappa shape index (κ1) is 24.5. The van der Waals surface area contributed by atoms with E-state index in [9.17, 15) is 9.59 Å². The number of nitrogens with one attached hydrogen (secondary N) is 1. The molecule has 0 fully saturated rings. The molecule has 0 aromatic heterocycles. The van der Waals surface area contributed by atoms with E-state index in [0.717, 1.165) is 12.0 Å². The number of halogens is 3. The monoisotopic (exact) mass is 468 g/mol. The van der Waals surface area contributed by atoms with Crippen molar-refractivity contribution in [1.82, 2.24) is 10.2 Å². The third-order valence-corrected chi connectivity index (χ3v) is 6.01. The average Bonchev–Trinajstić information content (AvgIpc) is 2.71. The summed E-state index contributed by atoms with van der Waals surface area (Å²) < 4.78 is 0. The molecule has 0 saturated heterocycles. The highest BCUT2D eigenvalue weighted by molar-refractivity contribution is 6.36. The van der Waals surface area contributed by atoms with Crippen molar-refractivity contribution < 1.29 is 9.59 Å². The van der Waals surface area contributed by atoms with E-state index >= 15 is 0 Å². The highest BCUT2D eigenvalue weighted by atomic mass is 35.5. The second-order valence-electron chi connectivity index (χ2n) is 7.27. The summed E-state index contributed by atoms with van der Waals surface area (Å²) in [4.78, 5) is 27.8. The van der Waals surface area contributed by atoms with Crippen molar-refractivity contribution >= 4 is 46.6 Å². The minimum absolute atomic E-state index is 0.0173. The van der Waals surface area contributed by atoms with Crippen molar-refractivity contribution in [3.05, 3.63) is 68.7 Å². The summed E-state index contributed by atoms with van der Waals surface area (Å²) in [5.74, 6) is -0.362. The lowest BCUT2D eigenvalue weighted by Gasteiger charge is -2.32. The van der Waals surface area contributed by atoms with Gasteiger partial charge in [0.1, 0.15) is 6.04 Å². The van der Waals surface area contributed by atoms with Gasteiger partial charge in [-0.05, 0) is 49.6 Å². The Morgan fingerprint density at radius 3 is 2.10 bits per heavy atom. The van der Waals surface area contributed by atoms with Crippen LogP contribution in [0.2, 0.25) is 15.1 Å². The maximum absolute atomic E-state index is 13.3. The maximum Gasteiger partial charge on any atom is 0.243 e. The number of amides is 2. The number of nitrogens with zero attached hydrogens (tertiary/aromatic N) is 1. The van der Waals surface area contributed by atoms with Crippen molar-refractivity contribution in [3.8, 4) is 0 Å². The van der Waals surface area contributed by atoms with Gasteiger partial charge in [0, 0.05) is 33.2 Å². The summed E-state index contributed by atoms with van der Waals surface area (Å²) in [5.41, 5.74) is 1.44. The molecule has 0 heterocycles. The summed E-state index contributed by atoms with van der Waals surface area (Å²) in [6, 6.07) is 11.7. The Morgan fingerprint density at radius 1 is 0.967 bits per heavy atom. The standard InChI is InChI=1S/C23H27Cl3N2O2/c1-4-15(3)27-23(30)21(5-2)28(14-18-19(25)7-6-8-20(18)26)22(29)13-16-9-11-17(24)12-10-16/h6-12,15,21H,4-5,13-14H2,1-3H3,(H,27,30)/t15-,21+/m0/s1. The highest BCUT2D eigenvalue weighted by Gasteiger charge is 2.30. The van der Waals surface area contributed by atoms with Gasteiger partial charge in [-0.2, -0.15) is 0 Å². The van der Waals surface area contributed by atoms with Gasteiger partial charge in [-0.25, -0.2) is 0 Å². The first-order valence-corrected chi connectivity index (χ1v) is 11.2. The SMILES string of the molecule is CC[C@H](C(=O)N[C@@H](C)CC)N(Cc1c(Cl)cccc1Cl)C(=O)Cc1ccc(Cl)cc1. The number of carbonyl (C=O) groups is 2. The lowest BCUT2D eigenvalue weighted by Crippen LogP contribution is -2.51. The van der Waals surface area contributed by atoms with Crippen molar-refractivity contribution in [2.75, 3.05) is 0 Å². The van der Waals surface area contributed by atoms with Gasteiger partial charge >= 0.3 is 0 Å². The molecule has 7 heteroatoms. The zero-order chi connectivity index (χ0) is 22.3. The van der Waals surface area contributed by atoms with Crippen molar-refractivity contribution in [1.29, 1.82) is 0 Å². The third kappa shape index (κ3) is 6.63. The van der Waals surface area contributed by atoms with Gasteiger partial charge in [0.05, 0.1) is 6.42 Å². The van der Waals surface area contributed by atoms with Crippen LogP contribution in [0.15, 0.2) is 42.5 Å². The molecular formula is C23H27Cl3N2O2. The lowest BCUT2D eigenvalue weighted by atomic mass is 10.1. The van der Waals surface area contributed by atoms with Gasteiger partial charge in [0.25, 0.3) is 0 Å². The Morgan fingerprint density at radius 2 is 1.57 bits per heavy atom. The zero-order valence-corrected chi connectivity index (χ0v) is 19.7. The van der Waals surface area contributed by atoms with E-state index in [1.165, 1.54) is 0 Å². The lowest BCUT2D eigenvalue weighted by molar-refractivity contribution is -0.141. The molecule has 2 aromatic carbocycles. The van der Waals surface area contributed by atoms with Gasteiger partial charge in [-0.15, -0.1) is 0 Å². The van der Waals surface area contributed by atoms with Crippen LogP contribution in [0.25, 0.3) is 0 Å². The molecule has 0 aliphatic rings. The second kappa shape index (κ2) is 11.6. The molecular weight excluding hydrogens is 443 g/mol. The van der Waals surface area contributed by atoms with E-state index in [2.05, 4.69) is 5.32 Å². The topological polar surface area (TPSA) is 49.4 Å². The van der Waals surface area contributed by atoms with Crippen LogP contribution < -0.4 is 5.32 Å². The number of carbonyl (C=O) groups excluding carboxylic acids is 2. The average molecular weight is 470 g/mol. The Balaban J connectivity index is 2.35. The normalized spacial score (nSPS) is 12.9. The van der Waals surface area contributed by atoms with Crippen LogP contribution in [-0.2, 0) is 22.6 Å². The van der Waals surface area contributed by atoms with E-state index in [1.807, 2.05) is 20.8 Å². The summed E-state index contributed by atoms with van der Waals surface area (Å²) >= 11 is 18.7. The van der Waals surface area contributed by atoms with Crippen LogP contribution in [0.5, 0.6) is 0 Å². The number of rotatable bonds is 9. The number of hydrogen-bond acceptors (Lipinski definition) is 2. The Hall–Kier alpha value is -1.75. The van der Waals surface area contributed by atoms with Crippen molar-refractivity contribution in [2.24, 2.45) is 0 Å². The molecule has 0 bridgehead atoms. The molecule has 0 radical (unpaired) electrons. The van der Waals surface area contributed by atoms with E-state index < -0.39 is 6.04 Å². The molecule has 2 amide bonds. The molecule has 2 aromatic rings. The van der Waals surface area contributed by atoms with E-state index in [4.69, 9.17) is 34.8 Å². The van der Waals surface area contributed by atoms with E-state index in [-0.39, 0.29) is 30.8 Å². The molecule has 2 rings (SSSR count). The minimum atomic E-state index is -0.633. The molecule has 0 spiro atoms. The summed E-state index contributed by atoms with van der Waals surface area (Å²) in [7, 11) is 0. The summed E-state index contributed by atoms with van der Waals surface area (Å²) in [6.45, 7) is 5.98. The summed E-state index contributed by atoms with van der Waals surface area (Å²) in [6.07, 6.45) is 1.42. The molecule has 30 heavy (non-hydrogen) atoms. The van der Waals surface area contributed by atoms with Gasteiger partial charge < -0.3 is 10.2 Å². The quantitative estimate of drug-likeness (QED) is 0.496. The van der Waals surface area contributed by atoms with Gasteiger partial charge in [-0.1, -0.05) is 66.8 Å². The van der Waals surface area contributed by atoms with Crippen LogP contribution in [0.3, 0.4) is 0 Å². The molecule has 0 aliphatic carbocycles. The zero-order valence-electron chi connectivity index (χ0n) is 17.4. The fourth-order valence-electron chi connectivity index (χ4n) is 3.09. The predicted molar refractivity (Wildman–Crippen MR) is 124 cm³/mol. The van der Waals surface area contributed by atoms with Crippen molar-refractivity contribution in [3.63, 3.8) is 0 Å². The first-order chi connectivity index (χ1) is 14.3. The maximum atomic E-state index is 13.3. The molecule has 0 aliphatic heterocycles. The number of hydrogen-bond donors (Lipinski definition) is 1. The van der Waals surface area contributed by atoms with E-state index in [1.54, 1.807) is 47.4 Å². The largest absolute Gasteiger partial charge is 0.352 e. The Labute approximate surface area is 193 Å². The smallest absolute Gasteiger partial charge is 0.243 e. The van der Waals surface area contributed by atoms with Crippen LogP contribution in [0.4, 0.5) is 0 Å². The van der Waals surface area contributed by atoms with Crippen LogP contribution in [0, 0.1) is 0 Å². The molecule has 0 unspecified atom stereocenters. The van der Waals surface area contributed by atoms with Gasteiger partial charge in [-0.3, -0.25) is 9.59 Å². The molecule has 162 valence electrons. The number of benzene rings is 2. The third-order valence-electron chi connectivity index (χ3n) is 5.05. The van der Waals surface area contributed by atoms with Crippen molar-refractivity contribution in [2.45, 2.75) is 58.7 Å². The molecule has 2 atom stereocenters. The van der Waals surface area contributed by atoms with Crippen LogP contribution in [0.1, 0.15) is 44.7 Å². The summed E-state index contributed by atoms with van der Waals surface area (Å²) in [5, 5.41) is 4.51. The van der Waals surface area contributed by atoms with Gasteiger partial charge in [0.15, 0.2) is 0 Å². The highest BCUT2D eigenvalue weighted by Crippen LogP contribution is 2.27.